The molecule has 0 amide bonds. The van der Waals surface area contributed by atoms with Crippen molar-refractivity contribution in [3.63, 3.8) is 0 Å². The number of rotatable bonds is 7. The molecule has 0 spiro atoms. The largest absolute Gasteiger partial charge is 0.306 e. The summed E-state index contributed by atoms with van der Waals surface area (Å²) in [7, 11) is -1.82. The number of anilines is 1. The number of nitro benzene ring substituents is 1. The second kappa shape index (κ2) is 8.56. The molecule has 26 heavy (non-hydrogen) atoms. The first-order chi connectivity index (χ1) is 12.3. The molecule has 1 saturated heterocycles. The number of nitrogens with one attached hydrogen (secondary N) is 1. The fourth-order valence-electron chi connectivity index (χ4n) is 2.76. The second-order valence-corrected chi connectivity index (χ2v) is 8.03. The highest BCUT2D eigenvalue weighted by molar-refractivity contribution is 7.89. The molecular formula is C16H25N5O4S. The van der Waals surface area contributed by atoms with Crippen molar-refractivity contribution in [2.75, 3.05) is 38.7 Å². The summed E-state index contributed by atoms with van der Waals surface area (Å²) >= 11 is 0. The van der Waals surface area contributed by atoms with Crippen molar-refractivity contribution >= 4 is 27.1 Å². The van der Waals surface area contributed by atoms with Gasteiger partial charge in [0.1, 0.15) is 4.90 Å². The van der Waals surface area contributed by atoms with Crippen molar-refractivity contribution in [2.24, 2.45) is 5.10 Å². The van der Waals surface area contributed by atoms with E-state index in [1.54, 1.807) is 13.8 Å². The number of hydrogen-bond acceptors (Lipinski definition) is 7. The maximum Gasteiger partial charge on any atom is 0.270 e. The highest BCUT2D eigenvalue weighted by Gasteiger charge is 2.27. The Kier molecular flexibility index (Phi) is 6.68. The molecule has 144 valence electrons. The van der Waals surface area contributed by atoms with Crippen LogP contribution < -0.4 is 5.43 Å². The summed E-state index contributed by atoms with van der Waals surface area (Å²) in [5.41, 5.74) is 3.74. The number of nitrogens with zero attached hydrogens (tertiary/aromatic N) is 4. The highest BCUT2D eigenvalue weighted by atomic mass is 32.2. The first kappa shape index (κ1) is 20.3. The predicted molar refractivity (Wildman–Crippen MR) is 101 cm³/mol. The van der Waals surface area contributed by atoms with E-state index in [1.165, 1.54) is 16.4 Å². The summed E-state index contributed by atoms with van der Waals surface area (Å²) in [5, 5.41) is 15.4. The lowest BCUT2D eigenvalue weighted by molar-refractivity contribution is -0.385. The minimum absolute atomic E-state index is 0.132. The van der Waals surface area contributed by atoms with Crippen LogP contribution in [0.25, 0.3) is 0 Å². The van der Waals surface area contributed by atoms with Crippen molar-refractivity contribution in [3.8, 4) is 0 Å². The van der Waals surface area contributed by atoms with Crippen LogP contribution in [0.3, 0.4) is 0 Å². The Hall–Kier alpha value is -2.04. The Morgan fingerprint density at radius 1 is 1.27 bits per heavy atom. The van der Waals surface area contributed by atoms with E-state index in [0.29, 0.717) is 0 Å². The average molecular weight is 383 g/mol. The quantitative estimate of drug-likeness (QED) is 0.571. The first-order valence-electron chi connectivity index (χ1n) is 8.58. The molecule has 0 aromatic heterocycles. The molecule has 1 heterocycles. The Morgan fingerprint density at radius 2 is 1.88 bits per heavy atom. The van der Waals surface area contributed by atoms with Crippen LogP contribution >= 0.6 is 0 Å². The molecule has 0 saturated carbocycles. The molecule has 0 unspecified atom stereocenters. The number of nitro groups is 1. The van der Waals surface area contributed by atoms with Gasteiger partial charge in [-0.25, -0.2) is 8.42 Å². The molecule has 1 aliphatic rings. The van der Waals surface area contributed by atoms with Crippen LogP contribution in [0.4, 0.5) is 11.4 Å². The lowest BCUT2D eigenvalue weighted by Gasteiger charge is -2.23. The number of benzene rings is 1. The zero-order valence-electron chi connectivity index (χ0n) is 15.3. The molecule has 9 nitrogen and oxygen atoms in total. The average Bonchev–Trinajstić information content (AvgIpc) is 2.61. The van der Waals surface area contributed by atoms with Gasteiger partial charge in [0.15, 0.2) is 0 Å². The van der Waals surface area contributed by atoms with E-state index < -0.39 is 14.9 Å². The van der Waals surface area contributed by atoms with E-state index in [1.807, 2.05) is 7.05 Å². The minimum Gasteiger partial charge on any atom is -0.306 e. The minimum atomic E-state index is -3.86. The zero-order chi connectivity index (χ0) is 19.3. The summed E-state index contributed by atoms with van der Waals surface area (Å²) in [6, 6.07) is 3.76. The van der Waals surface area contributed by atoms with Crippen LogP contribution in [0, 0.1) is 10.1 Å². The third kappa shape index (κ3) is 4.57. The third-order valence-electron chi connectivity index (χ3n) is 4.40. The van der Waals surface area contributed by atoms with Crippen LogP contribution in [-0.4, -0.2) is 61.5 Å². The number of sulfonamides is 1. The van der Waals surface area contributed by atoms with Gasteiger partial charge in [-0.1, -0.05) is 13.8 Å². The smallest absolute Gasteiger partial charge is 0.270 e. The molecule has 0 aliphatic carbocycles. The number of likely N-dealkylation sites (tertiary alicyclic amines) is 1. The second-order valence-electron chi connectivity index (χ2n) is 6.12. The van der Waals surface area contributed by atoms with Crippen molar-refractivity contribution in [2.45, 2.75) is 31.6 Å². The molecule has 1 aliphatic heterocycles. The fourth-order valence-corrected chi connectivity index (χ4v) is 4.38. The van der Waals surface area contributed by atoms with E-state index in [-0.39, 0.29) is 29.4 Å². The van der Waals surface area contributed by atoms with E-state index in [9.17, 15) is 18.5 Å². The van der Waals surface area contributed by atoms with Gasteiger partial charge in [0.25, 0.3) is 5.69 Å². The topological polar surface area (TPSA) is 108 Å². The van der Waals surface area contributed by atoms with Gasteiger partial charge in [0, 0.05) is 56.9 Å². The Morgan fingerprint density at radius 3 is 2.42 bits per heavy atom. The number of non-ortho nitro benzene ring substituents is 1. The lowest BCUT2D eigenvalue weighted by atomic mass is 10.1. The van der Waals surface area contributed by atoms with E-state index >= 15 is 0 Å². The standard InChI is InChI=1S/C16H25N5O4S/c1-4-20(5-2)26(24,25)16-12-14(21(22)23)6-7-15(16)18-17-13-8-10-19(3)11-9-13/h6-7,12,18H,4-5,8-11H2,1-3H3. The van der Waals surface area contributed by atoms with Crippen molar-refractivity contribution in [1.82, 2.24) is 9.21 Å². The maximum absolute atomic E-state index is 12.9. The number of hydrazone groups is 1. The summed E-state index contributed by atoms with van der Waals surface area (Å²) in [5.74, 6) is 0. The van der Waals surface area contributed by atoms with Gasteiger partial charge < -0.3 is 4.90 Å². The fraction of sp³-hybridized carbons (Fsp3) is 0.562. The molecule has 1 fully saturated rings. The van der Waals surface area contributed by atoms with Gasteiger partial charge in [0.2, 0.25) is 10.0 Å². The highest BCUT2D eigenvalue weighted by Crippen LogP contribution is 2.29. The molecule has 0 atom stereocenters. The maximum atomic E-state index is 12.9. The normalized spacial score (nSPS) is 15.9. The summed E-state index contributed by atoms with van der Waals surface area (Å²) in [4.78, 5) is 12.5. The van der Waals surface area contributed by atoms with Gasteiger partial charge in [-0.2, -0.15) is 9.41 Å². The van der Waals surface area contributed by atoms with Crippen LogP contribution in [-0.2, 0) is 10.0 Å². The van der Waals surface area contributed by atoms with Crippen LogP contribution in [0.15, 0.2) is 28.2 Å². The van der Waals surface area contributed by atoms with Gasteiger partial charge in [-0.3, -0.25) is 15.5 Å². The summed E-state index contributed by atoms with van der Waals surface area (Å²) in [6.07, 6.45) is 1.60. The number of hydrogen-bond donors (Lipinski definition) is 1. The molecule has 1 N–H and O–H groups in total. The van der Waals surface area contributed by atoms with Crippen molar-refractivity contribution < 1.29 is 13.3 Å². The molecule has 2 rings (SSSR count). The SMILES string of the molecule is CCN(CC)S(=O)(=O)c1cc([N+](=O)[O-])ccc1NN=C1CCN(C)CC1. The molecule has 1 aromatic rings. The first-order valence-corrected chi connectivity index (χ1v) is 10.0. The summed E-state index contributed by atoms with van der Waals surface area (Å²) in [6.45, 7) is 5.80. The molecule has 0 bridgehead atoms. The summed E-state index contributed by atoms with van der Waals surface area (Å²) < 4.78 is 27.0. The zero-order valence-corrected chi connectivity index (χ0v) is 16.1. The van der Waals surface area contributed by atoms with Gasteiger partial charge in [-0.05, 0) is 13.1 Å². The van der Waals surface area contributed by atoms with Gasteiger partial charge >= 0.3 is 0 Å². The predicted octanol–water partition coefficient (Wildman–Crippen LogP) is 2.12. The Labute approximate surface area is 153 Å². The van der Waals surface area contributed by atoms with Crippen molar-refractivity contribution in [1.29, 1.82) is 0 Å². The molecular weight excluding hydrogens is 358 g/mol. The molecule has 10 heteroatoms. The van der Waals surface area contributed by atoms with Crippen LogP contribution in [0.2, 0.25) is 0 Å². The van der Waals surface area contributed by atoms with Crippen molar-refractivity contribution in [3.05, 3.63) is 28.3 Å². The number of piperidine rings is 1. The van der Waals surface area contributed by atoms with E-state index in [0.717, 1.165) is 37.7 Å². The monoisotopic (exact) mass is 383 g/mol. The molecule has 0 radical (unpaired) electrons. The van der Waals surface area contributed by atoms with Gasteiger partial charge in [-0.15, -0.1) is 0 Å². The van der Waals surface area contributed by atoms with E-state index in [4.69, 9.17) is 0 Å². The van der Waals surface area contributed by atoms with E-state index in [2.05, 4.69) is 15.4 Å². The Bertz CT molecular complexity index is 780. The molecule has 1 aromatic carbocycles. The van der Waals surface area contributed by atoms with Crippen LogP contribution in [0.5, 0.6) is 0 Å². The van der Waals surface area contributed by atoms with Gasteiger partial charge in [0.05, 0.1) is 10.6 Å². The van der Waals surface area contributed by atoms with Crippen LogP contribution in [0.1, 0.15) is 26.7 Å². The Balaban J connectivity index is 2.39. The lowest BCUT2D eigenvalue weighted by Crippen LogP contribution is -2.31. The third-order valence-corrected chi connectivity index (χ3v) is 6.49.